The van der Waals surface area contributed by atoms with Gasteiger partial charge in [0.25, 0.3) is 0 Å². The number of hydrogen-bond acceptors (Lipinski definition) is 4. The summed E-state index contributed by atoms with van der Waals surface area (Å²) in [5, 5.41) is 0. The molecule has 4 rings (SSSR count). The Hall–Kier alpha value is -3.31. The van der Waals surface area contributed by atoms with Gasteiger partial charge in [0.1, 0.15) is 12.6 Å². The number of carbonyl (C=O) groups excluding carboxylic acids is 1. The third kappa shape index (κ3) is 3.38. The average Bonchev–Trinajstić information content (AvgIpc) is 3.12. The maximum absolute atomic E-state index is 10.9. The first kappa shape index (κ1) is 16.2. The van der Waals surface area contributed by atoms with Crippen molar-refractivity contribution in [1.82, 2.24) is 14.5 Å². The molecule has 0 saturated carbocycles. The lowest BCUT2D eigenvalue weighted by Gasteiger charge is -2.08. The van der Waals surface area contributed by atoms with E-state index in [4.69, 9.17) is 4.74 Å². The number of aldehydes is 1. The zero-order valence-electron chi connectivity index (χ0n) is 14.1. The second kappa shape index (κ2) is 7.29. The Morgan fingerprint density at radius 1 is 0.962 bits per heavy atom. The van der Waals surface area contributed by atoms with Crippen LogP contribution in [0.3, 0.4) is 0 Å². The molecule has 0 spiro atoms. The van der Waals surface area contributed by atoms with Crippen molar-refractivity contribution in [3.05, 3.63) is 90.0 Å². The molecule has 26 heavy (non-hydrogen) atoms. The summed E-state index contributed by atoms with van der Waals surface area (Å²) in [7, 11) is 0. The predicted octanol–water partition coefficient (Wildman–Crippen LogP) is 3.95. The Kier molecular flexibility index (Phi) is 4.53. The summed E-state index contributed by atoms with van der Waals surface area (Å²) in [5.74, 6) is 0. The molecule has 0 bridgehead atoms. The van der Waals surface area contributed by atoms with Gasteiger partial charge in [-0.15, -0.1) is 0 Å². The maximum atomic E-state index is 10.9. The minimum Gasteiger partial charge on any atom is -0.370 e. The molecule has 5 heteroatoms. The van der Waals surface area contributed by atoms with Gasteiger partial charge < -0.3 is 4.74 Å². The molecule has 0 aliphatic rings. The fraction of sp³-hybridized carbons (Fsp3) is 0.0952. The number of rotatable bonds is 6. The van der Waals surface area contributed by atoms with Crippen LogP contribution in [0.2, 0.25) is 0 Å². The van der Waals surface area contributed by atoms with E-state index in [1.54, 1.807) is 24.7 Å². The molecule has 0 saturated heterocycles. The monoisotopic (exact) mass is 343 g/mol. The molecule has 4 aromatic rings. The number of fused-ring (bicyclic) bond motifs is 1. The number of hydrogen-bond donors (Lipinski definition) is 0. The molecule has 0 amide bonds. The van der Waals surface area contributed by atoms with Crippen molar-refractivity contribution in [2.75, 3.05) is 0 Å². The third-order valence-corrected chi connectivity index (χ3v) is 4.14. The zero-order chi connectivity index (χ0) is 17.8. The van der Waals surface area contributed by atoms with Gasteiger partial charge in [-0.25, -0.2) is 4.98 Å². The van der Waals surface area contributed by atoms with Crippen LogP contribution in [-0.4, -0.2) is 20.8 Å². The number of nitrogens with zero attached hydrogens (tertiary/aromatic N) is 3. The summed E-state index contributed by atoms with van der Waals surface area (Å²) in [6.07, 6.45) is 4.37. The van der Waals surface area contributed by atoms with E-state index in [-0.39, 0.29) is 0 Å². The van der Waals surface area contributed by atoms with Gasteiger partial charge in [-0.05, 0) is 48.0 Å². The van der Waals surface area contributed by atoms with Crippen LogP contribution in [0.1, 0.15) is 21.6 Å². The minimum absolute atomic E-state index is 0.480. The molecule has 2 heterocycles. The first-order valence-corrected chi connectivity index (χ1v) is 8.33. The lowest BCUT2D eigenvalue weighted by Crippen LogP contribution is -1.98. The first-order valence-electron chi connectivity index (χ1n) is 8.33. The molecule has 5 nitrogen and oxygen atoms in total. The van der Waals surface area contributed by atoms with E-state index in [9.17, 15) is 4.79 Å². The highest BCUT2D eigenvalue weighted by Crippen LogP contribution is 2.20. The van der Waals surface area contributed by atoms with Crippen LogP contribution >= 0.6 is 0 Å². The van der Waals surface area contributed by atoms with Crippen LogP contribution < -0.4 is 0 Å². The van der Waals surface area contributed by atoms with Crippen molar-refractivity contribution in [2.24, 2.45) is 0 Å². The predicted molar refractivity (Wildman–Crippen MR) is 99.2 cm³/mol. The van der Waals surface area contributed by atoms with Crippen LogP contribution in [0.5, 0.6) is 0 Å². The topological polar surface area (TPSA) is 57.0 Å². The quantitative estimate of drug-likeness (QED) is 0.497. The van der Waals surface area contributed by atoms with Gasteiger partial charge in [0.05, 0.1) is 29.9 Å². The van der Waals surface area contributed by atoms with Gasteiger partial charge in [-0.2, -0.15) is 0 Å². The number of carbonyl (C=O) groups is 1. The summed E-state index contributed by atoms with van der Waals surface area (Å²) in [6, 6.07) is 19.4. The van der Waals surface area contributed by atoms with Gasteiger partial charge in [0.15, 0.2) is 0 Å². The molecule has 0 aliphatic heterocycles. The number of ether oxygens (including phenoxy) is 1. The summed E-state index contributed by atoms with van der Waals surface area (Å²) >= 11 is 0. The molecule has 0 atom stereocenters. The van der Waals surface area contributed by atoms with Crippen LogP contribution in [0, 0.1) is 0 Å². The van der Waals surface area contributed by atoms with Crippen LogP contribution in [0.4, 0.5) is 0 Å². The van der Waals surface area contributed by atoms with Gasteiger partial charge in [-0.3, -0.25) is 14.3 Å². The Morgan fingerprint density at radius 2 is 1.92 bits per heavy atom. The van der Waals surface area contributed by atoms with Gasteiger partial charge in [0, 0.05) is 17.4 Å². The first-order chi connectivity index (χ1) is 12.8. The maximum Gasteiger partial charge on any atom is 0.150 e. The Labute approximate surface area is 150 Å². The summed E-state index contributed by atoms with van der Waals surface area (Å²) in [6.45, 7) is 0.986. The molecule has 2 aromatic heterocycles. The second-order valence-corrected chi connectivity index (χ2v) is 5.96. The van der Waals surface area contributed by atoms with E-state index in [0.29, 0.717) is 18.8 Å². The lowest BCUT2D eigenvalue weighted by atomic mass is 10.2. The number of benzene rings is 2. The summed E-state index contributed by atoms with van der Waals surface area (Å²) in [5.41, 5.74) is 5.37. The Balaban J connectivity index is 1.53. The van der Waals surface area contributed by atoms with Crippen molar-refractivity contribution in [2.45, 2.75) is 13.2 Å². The zero-order valence-corrected chi connectivity index (χ0v) is 14.1. The van der Waals surface area contributed by atoms with Crippen LogP contribution in [0.25, 0.3) is 16.7 Å². The van der Waals surface area contributed by atoms with Crippen molar-refractivity contribution >= 4 is 17.3 Å². The van der Waals surface area contributed by atoms with Gasteiger partial charge >= 0.3 is 0 Å². The van der Waals surface area contributed by atoms with E-state index >= 15 is 0 Å². The van der Waals surface area contributed by atoms with E-state index in [1.165, 1.54) is 0 Å². The SMILES string of the molecule is O=Cc1ccc2c(c1)ncn2-c1cccc(COCc2ccccn2)c1. The smallest absolute Gasteiger partial charge is 0.150 e. The van der Waals surface area contributed by atoms with Crippen molar-refractivity contribution in [1.29, 1.82) is 0 Å². The van der Waals surface area contributed by atoms with Gasteiger partial charge in [0.2, 0.25) is 0 Å². The van der Waals surface area contributed by atoms with E-state index in [0.717, 1.165) is 34.3 Å². The van der Waals surface area contributed by atoms with Crippen molar-refractivity contribution in [3.63, 3.8) is 0 Å². The molecule has 128 valence electrons. The Bertz CT molecular complexity index is 1040. The average molecular weight is 343 g/mol. The molecule has 0 N–H and O–H groups in total. The highest BCUT2D eigenvalue weighted by Gasteiger charge is 2.06. The van der Waals surface area contributed by atoms with Crippen LogP contribution in [-0.2, 0) is 18.0 Å². The fourth-order valence-corrected chi connectivity index (χ4v) is 2.86. The fourth-order valence-electron chi connectivity index (χ4n) is 2.86. The molecule has 0 unspecified atom stereocenters. The highest BCUT2D eigenvalue weighted by atomic mass is 16.5. The normalized spacial score (nSPS) is 10.9. The van der Waals surface area contributed by atoms with E-state index in [2.05, 4.69) is 16.0 Å². The highest BCUT2D eigenvalue weighted by molar-refractivity contribution is 5.85. The molecular weight excluding hydrogens is 326 g/mol. The molecular formula is C21H17N3O2. The number of pyridine rings is 1. The van der Waals surface area contributed by atoms with Crippen molar-refractivity contribution < 1.29 is 9.53 Å². The summed E-state index contributed by atoms with van der Waals surface area (Å²) < 4.78 is 7.78. The second-order valence-electron chi connectivity index (χ2n) is 5.96. The minimum atomic E-state index is 0.480. The largest absolute Gasteiger partial charge is 0.370 e. The molecule has 0 radical (unpaired) electrons. The van der Waals surface area contributed by atoms with Crippen LogP contribution in [0.15, 0.2) is 73.2 Å². The molecule has 0 fully saturated rings. The third-order valence-electron chi connectivity index (χ3n) is 4.14. The van der Waals surface area contributed by atoms with Crippen molar-refractivity contribution in [3.8, 4) is 5.69 Å². The molecule has 0 aliphatic carbocycles. The number of imidazole rings is 1. The van der Waals surface area contributed by atoms with E-state index < -0.39 is 0 Å². The Morgan fingerprint density at radius 3 is 2.77 bits per heavy atom. The number of aromatic nitrogens is 3. The van der Waals surface area contributed by atoms with Gasteiger partial charge in [-0.1, -0.05) is 18.2 Å². The molecule has 2 aromatic carbocycles. The lowest BCUT2D eigenvalue weighted by molar-refractivity contribution is 0.104. The van der Waals surface area contributed by atoms with E-state index in [1.807, 2.05) is 47.0 Å². The standard InChI is InChI=1S/C21H17N3O2/c25-12-16-7-8-21-20(11-16)23-15-24(21)19-6-3-4-17(10-19)13-26-14-18-5-1-2-9-22-18/h1-12,15H,13-14H2. The summed E-state index contributed by atoms with van der Waals surface area (Å²) in [4.78, 5) is 19.6.